The molecule has 0 atom stereocenters. The summed E-state index contributed by atoms with van der Waals surface area (Å²) in [6, 6.07) is 12.3. The van der Waals surface area contributed by atoms with Gasteiger partial charge in [0.25, 0.3) is 5.91 Å². The predicted octanol–water partition coefficient (Wildman–Crippen LogP) is 5.00. The van der Waals surface area contributed by atoms with Gasteiger partial charge in [-0.15, -0.1) is 0 Å². The Morgan fingerprint density at radius 3 is 2.56 bits per heavy atom. The molecule has 0 saturated carbocycles. The molecule has 0 aliphatic rings. The van der Waals surface area contributed by atoms with Gasteiger partial charge >= 0.3 is 0 Å². The number of anilines is 1. The highest BCUT2D eigenvalue weighted by Crippen LogP contribution is 2.33. The van der Waals surface area contributed by atoms with E-state index in [2.05, 4.69) is 10.4 Å². The van der Waals surface area contributed by atoms with E-state index in [1.54, 1.807) is 41.2 Å². The Morgan fingerprint density at radius 2 is 1.89 bits per heavy atom. The molecule has 1 N–H and O–H groups in total. The molecule has 0 aliphatic heterocycles. The van der Waals surface area contributed by atoms with Crippen molar-refractivity contribution in [3.8, 4) is 17.2 Å². The molecule has 0 saturated heterocycles. The fourth-order valence-electron chi connectivity index (χ4n) is 2.43. The molecule has 3 aromatic rings. The first-order valence-electron chi connectivity index (χ1n) is 8.63. The maximum Gasteiger partial charge on any atom is 0.258 e. The number of hydrogen-bond donors (Lipinski definition) is 1. The fourth-order valence-corrected chi connectivity index (χ4v) is 2.61. The second-order valence-electron chi connectivity index (χ2n) is 5.69. The zero-order valence-corrected chi connectivity index (χ0v) is 15.9. The quantitative estimate of drug-likeness (QED) is 0.621. The van der Waals surface area contributed by atoms with Crippen LogP contribution in [0.25, 0.3) is 0 Å². The SMILES string of the molecule is CCOc1ccc(Oc2ccc(Cl)cc2NC(=O)c2cnn(CC)c2)cc1. The molecule has 1 heterocycles. The summed E-state index contributed by atoms with van der Waals surface area (Å²) in [5, 5.41) is 7.44. The average Bonchev–Trinajstić information content (AvgIpc) is 3.15. The summed E-state index contributed by atoms with van der Waals surface area (Å²) < 4.78 is 13.0. The Morgan fingerprint density at radius 1 is 1.15 bits per heavy atom. The van der Waals surface area contributed by atoms with E-state index in [9.17, 15) is 4.79 Å². The van der Waals surface area contributed by atoms with Gasteiger partial charge in [-0.1, -0.05) is 11.6 Å². The van der Waals surface area contributed by atoms with Crippen LogP contribution in [0.2, 0.25) is 5.02 Å². The first kappa shape index (κ1) is 18.8. The predicted molar refractivity (Wildman–Crippen MR) is 105 cm³/mol. The smallest absolute Gasteiger partial charge is 0.258 e. The number of benzene rings is 2. The molecule has 0 unspecified atom stereocenters. The molecule has 6 nitrogen and oxygen atoms in total. The molecule has 140 valence electrons. The van der Waals surface area contributed by atoms with Crippen LogP contribution in [0, 0.1) is 0 Å². The number of nitrogens with zero attached hydrogens (tertiary/aromatic N) is 2. The van der Waals surface area contributed by atoms with Crippen molar-refractivity contribution >= 4 is 23.2 Å². The van der Waals surface area contributed by atoms with Crippen LogP contribution in [0.5, 0.6) is 17.2 Å². The van der Waals surface area contributed by atoms with E-state index < -0.39 is 0 Å². The monoisotopic (exact) mass is 385 g/mol. The van der Waals surface area contributed by atoms with Gasteiger partial charge in [0.05, 0.1) is 24.1 Å². The van der Waals surface area contributed by atoms with Crippen molar-refractivity contribution in [1.82, 2.24) is 9.78 Å². The molecule has 0 radical (unpaired) electrons. The standard InChI is InChI=1S/C20H20ClN3O3/c1-3-24-13-14(12-22-24)20(25)23-18-11-15(21)5-10-19(18)27-17-8-6-16(7-9-17)26-4-2/h5-13H,3-4H2,1-2H3,(H,23,25). The summed E-state index contributed by atoms with van der Waals surface area (Å²) in [4.78, 5) is 12.5. The number of carbonyl (C=O) groups excluding carboxylic acids is 1. The van der Waals surface area contributed by atoms with Gasteiger partial charge < -0.3 is 14.8 Å². The van der Waals surface area contributed by atoms with Gasteiger partial charge in [0.15, 0.2) is 5.75 Å². The average molecular weight is 386 g/mol. The highest BCUT2D eigenvalue weighted by Gasteiger charge is 2.13. The molecule has 0 bridgehead atoms. The molecule has 1 amide bonds. The number of hydrogen-bond acceptors (Lipinski definition) is 4. The van der Waals surface area contributed by atoms with Crippen LogP contribution in [-0.2, 0) is 6.54 Å². The Kier molecular flexibility index (Phi) is 5.98. The molecule has 3 rings (SSSR count). The van der Waals surface area contributed by atoms with Gasteiger partial charge in [-0.3, -0.25) is 9.48 Å². The van der Waals surface area contributed by atoms with Crippen LogP contribution in [0.4, 0.5) is 5.69 Å². The molecule has 0 aliphatic carbocycles. The molecule has 1 aromatic heterocycles. The van der Waals surface area contributed by atoms with Gasteiger partial charge in [-0.05, 0) is 56.3 Å². The van der Waals surface area contributed by atoms with E-state index >= 15 is 0 Å². The van der Waals surface area contributed by atoms with Crippen LogP contribution in [0.1, 0.15) is 24.2 Å². The largest absolute Gasteiger partial charge is 0.494 e. The summed E-state index contributed by atoms with van der Waals surface area (Å²) in [7, 11) is 0. The molecule has 2 aromatic carbocycles. The van der Waals surface area contributed by atoms with Gasteiger partial charge in [0.2, 0.25) is 0 Å². The van der Waals surface area contributed by atoms with E-state index in [4.69, 9.17) is 21.1 Å². The van der Waals surface area contributed by atoms with Crippen molar-refractivity contribution in [3.05, 3.63) is 65.4 Å². The number of aromatic nitrogens is 2. The van der Waals surface area contributed by atoms with Crippen molar-refractivity contribution in [3.63, 3.8) is 0 Å². The molecule has 0 fully saturated rings. The Labute approximate surface area is 162 Å². The van der Waals surface area contributed by atoms with Gasteiger partial charge in [-0.2, -0.15) is 5.10 Å². The lowest BCUT2D eigenvalue weighted by Crippen LogP contribution is -2.12. The van der Waals surface area contributed by atoms with Gasteiger partial charge in [0.1, 0.15) is 11.5 Å². The first-order chi connectivity index (χ1) is 13.1. The Bertz CT molecular complexity index is 922. The number of nitrogens with one attached hydrogen (secondary N) is 1. The van der Waals surface area contributed by atoms with Crippen LogP contribution in [0.3, 0.4) is 0 Å². The minimum atomic E-state index is -0.284. The third-order valence-electron chi connectivity index (χ3n) is 3.77. The fraction of sp³-hybridized carbons (Fsp3) is 0.200. The lowest BCUT2D eigenvalue weighted by molar-refractivity contribution is 0.102. The summed E-state index contributed by atoms with van der Waals surface area (Å²) in [5.74, 6) is 1.59. The van der Waals surface area contributed by atoms with E-state index in [-0.39, 0.29) is 5.91 Å². The minimum absolute atomic E-state index is 0.284. The normalized spacial score (nSPS) is 10.5. The number of aryl methyl sites for hydroxylation is 1. The van der Waals surface area contributed by atoms with Crippen LogP contribution < -0.4 is 14.8 Å². The zero-order valence-electron chi connectivity index (χ0n) is 15.1. The topological polar surface area (TPSA) is 65.4 Å². The molecule has 7 heteroatoms. The summed E-state index contributed by atoms with van der Waals surface area (Å²) in [5.41, 5.74) is 0.939. The Hall–Kier alpha value is -2.99. The zero-order chi connectivity index (χ0) is 19.2. The van der Waals surface area contributed by atoms with Crippen LogP contribution in [0.15, 0.2) is 54.9 Å². The van der Waals surface area contributed by atoms with Crippen LogP contribution in [-0.4, -0.2) is 22.3 Å². The third-order valence-corrected chi connectivity index (χ3v) is 4.01. The maximum absolute atomic E-state index is 12.5. The van der Waals surface area contributed by atoms with Crippen molar-refractivity contribution < 1.29 is 14.3 Å². The lowest BCUT2D eigenvalue weighted by atomic mass is 10.2. The summed E-state index contributed by atoms with van der Waals surface area (Å²) in [6.07, 6.45) is 3.21. The van der Waals surface area contributed by atoms with Crippen molar-refractivity contribution in [2.75, 3.05) is 11.9 Å². The number of amides is 1. The van der Waals surface area contributed by atoms with E-state index in [0.29, 0.717) is 40.9 Å². The van der Waals surface area contributed by atoms with Crippen molar-refractivity contribution in [2.24, 2.45) is 0 Å². The first-order valence-corrected chi connectivity index (χ1v) is 9.01. The Balaban J connectivity index is 1.79. The second-order valence-corrected chi connectivity index (χ2v) is 6.12. The van der Waals surface area contributed by atoms with Crippen molar-refractivity contribution in [1.29, 1.82) is 0 Å². The third kappa shape index (κ3) is 4.80. The number of halogens is 1. The van der Waals surface area contributed by atoms with Crippen LogP contribution >= 0.6 is 11.6 Å². The van der Waals surface area contributed by atoms with E-state index in [1.165, 1.54) is 6.20 Å². The maximum atomic E-state index is 12.5. The number of rotatable bonds is 7. The lowest BCUT2D eigenvalue weighted by Gasteiger charge is -2.13. The molecule has 0 spiro atoms. The second kappa shape index (κ2) is 8.60. The summed E-state index contributed by atoms with van der Waals surface area (Å²) in [6.45, 7) is 5.17. The highest BCUT2D eigenvalue weighted by molar-refractivity contribution is 6.31. The molecular formula is C20H20ClN3O3. The number of carbonyl (C=O) groups is 1. The van der Waals surface area contributed by atoms with Gasteiger partial charge in [-0.25, -0.2) is 0 Å². The van der Waals surface area contributed by atoms with Gasteiger partial charge in [0, 0.05) is 17.8 Å². The number of ether oxygens (including phenoxy) is 2. The highest BCUT2D eigenvalue weighted by atomic mass is 35.5. The van der Waals surface area contributed by atoms with E-state index in [0.717, 1.165) is 5.75 Å². The molecule has 27 heavy (non-hydrogen) atoms. The summed E-state index contributed by atoms with van der Waals surface area (Å²) >= 11 is 6.09. The minimum Gasteiger partial charge on any atom is -0.494 e. The van der Waals surface area contributed by atoms with Crippen molar-refractivity contribution in [2.45, 2.75) is 20.4 Å². The van der Waals surface area contributed by atoms with E-state index in [1.807, 2.05) is 26.0 Å². The molecular weight excluding hydrogens is 366 g/mol.